The van der Waals surface area contributed by atoms with Crippen molar-refractivity contribution >= 4 is 29.7 Å². The van der Waals surface area contributed by atoms with Crippen molar-refractivity contribution in [3.8, 4) is 0 Å². The lowest BCUT2D eigenvalue weighted by molar-refractivity contribution is -0.121. The first kappa shape index (κ1) is 20.5. The molecule has 0 aliphatic carbocycles. The van der Waals surface area contributed by atoms with Crippen LogP contribution in [0.4, 0.5) is 4.39 Å². The number of rotatable bonds is 7. The Morgan fingerprint density at radius 1 is 0.966 bits per heavy atom. The first-order chi connectivity index (χ1) is 13.9. The molecule has 0 fully saturated rings. The number of nitrogens with one attached hydrogen (secondary N) is 2. The van der Waals surface area contributed by atoms with Gasteiger partial charge in [-0.15, -0.1) is 0 Å². The minimum atomic E-state index is -1.68. The van der Waals surface area contributed by atoms with Gasteiger partial charge in [0.25, 0.3) is 5.91 Å². The van der Waals surface area contributed by atoms with Gasteiger partial charge in [-0.05, 0) is 40.6 Å². The summed E-state index contributed by atoms with van der Waals surface area (Å²) in [4.78, 5) is 24.9. The number of hydrogen-bond donors (Lipinski definition) is 4. The molecule has 0 aliphatic rings. The molecule has 4 N–H and O–H groups in total. The van der Waals surface area contributed by atoms with Crippen LogP contribution < -0.4 is 10.6 Å². The molecule has 0 heterocycles. The lowest BCUT2D eigenvalue weighted by Crippen LogP contribution is -2.38. The van der Waals surface area contributed by atoms with Crippen LogP contribution in [0.25, 0.3) is 10.8 Å². The Hall–Kier alpha value is -3.23. The topological polar surface area (TPSA) is 98.7 Å². The molecule has 2 amide bonds. The van der Waals surface area contributed by atoms with Crippen LogP contribution in [0, 0.1) is 5.82 Å². The fourth-order valence-corrected chi connectivity index (χ4v) is 3.01. The molecule has 6 nitrogen and oxygen atoms in total. The fourth-order valence-electron chi connectivity index (χ4n) is 3.01. The quantitative estimate of drug-likeness (QED) is 0.461. The molecule has 0 aromatic heterocycles. The van der Waals surface area contributed by atoms with Crippen LogP contribution in [0.1, 0.15) is 28.4 Å². The SMILES string of the molecule is O=C(CC(NC(=O)c1ccc2ccccc2c1)c1cccc(F)c1)NCB(O)O. The van der Waals surface area contributed by atoms with E-state index in [0.717, 1.165) is 10.8 Å². The van der Waals surface area contributed by atoms with Crippen LogP contribution in [-0.4, -0.2) is 35.4 Å². The van der Waals surface area contributed by atoms with Gasteiger partial charge in [-0.2, -0.15) is 0 Å². The number of amides is 2. The maximum Gasteiger partial charge on any atom is 0.472 e. The van der Waals surface area contributed by atoms with E-state index in [0.29, 0.717) is 11.1 Å². The van der Waals surface area contributed by atoms with Crippen LogP contribution in [0.15, 0.2) is 66.7 Å². The van der Waals surface area contributed by atoms with Crippen molar-refractivity contribution in [2.24, 2.45) is 0 Å². The Balaban J connectivity index is 1.80. The van der Waals surface area contributed by atoms with Crippen LogP contribution in [0.2, 0.25) is 0 Å². The van der Waals surface area contributed by atoms with E-state index in [1.165, 1.54) is 18.2 Å². The molecule has 3 rings (SSSR count). The highest BCUT2D eigenvalue weighted by Gasteiger charge is 2.21. The number of hydrogen-bond acceptors (Lipinski definition) is 4. The van der Waals surface area contributed by atoms with Crippen molar-refractivity contribution in [2.75, 3.05) is 6.44 Å². The maximum absolute atomic E-state index is 13.7. The van der Waals surface area contributed by atoms with E-state index in [-0.39, 0.29) is 12.9 Å². The molecule has 0 saturated carbocycles. The monoisotopic (exact) mass is 394 g/mol. The largest absolute Gasteiger partial charge is 0.472 e. The van der Waals surface area contributed by atoms with Crippen molar-refractivity contribution in [1.82, 2.24) is 10.6 Å². The van der Waals surface area contributed by atoms with Gasteiger partial charge >= 0.3 is 7.12 Å². The smallest absolute Gasteiger partial charge is 0.426 e. The van der Waals surface area contributed by atoms with Crippen molar-refractivity contribution in [3.05, 3.63) is 83.7 Å². The molecule has 29 heavy (non-hydrogen) atoms. The van der Waals surface area contributed by atoms with E-state index in [2.05, 4.69) is 10.6 Å². The summed E-state index contributed by atoms with van der Waals surface area (Å²) < 4.78 is 13.7. The van der Waals surface area contributed by atoms with Crippen LogP contribution in [0.3, 0.4) is 0 Å². The maximum atomic E-state index is 13.7. The van der Waals surface area contributed by atoms with Crippen molar-refractivity contribution < 1.29 is 24.0 Å². The molecule has 8 heteroatoms. The summed E-state index contributed by atoms with van der Waals surface area (Å²) in [5.74, 6) is -1.40. The third-order valence-corrected chi connectivity index (χ3v) is 4.44. The van der Waals surface area contributed by atoms with Gasteiger partial charge in [0.2, 0.25) is 5.91 Å². The molecule has 0 saturated heterocycles. The zero-order valence-electron chi connectivity index (χ0n) is 15.5. The van der Waals surface area contributed by atoms with Crippen molar-refractivity contribution in [1.29, 1.82) is 0 Å². The van der Waals surface area contributed by atoms with Crippen LogP contribution in [0.5, 0.6) is 0 Å². The molecule has 1 unspecified atom stereocenters. The molecule has 0 bridgehead atoms. The summed E-state index contributed by atoms with van der Waals surface area (Å²) in [6.07, 6.45) is -0.525. The molecule has 148 valence electrons. The molecule has 3 aromatic rings. The van der Waals surface area contributed by atoms with E-state index in [1.54, 1.807) is 18.2 Å². The van der Waals surface area contributed by atoms with E-state index in [4.69, 9.17) is 10.0 Å². The fraction of sp³-hybridized carbons (Fsp3) is 0.143. The molecular formula is C21H20BFN2O4. The molecule has 0 spiro atoms. The van der Waals surface area contributed by atoms with E-state index >= 15 is 0 Å². The average Bonchev–Trinajstić information content (AvgIpc) is 2.71. The number of halogens is 1. The number of fused-ring (bicyclic) bond motifs is 1. The second kappa shape index (κ2) is 9.31. The Morgan fingerprint density at radius 3 is 2.45 bits per heavy atom. The van der Waals surface area contributed by atoms with E-state index in [9.17, 15) is 14.0 Å². The van der Waals surface area contributed by atoms with Crippen molar-refractivity contribution in [3.63, 3.8) is 0 Å². The molecule has 0 aliphatic heterocycles. The number of carbonyl (C=O) groups is 2. The summed E-state index contributed by atoms with van der Waals surface area (Å²) in [6.45, 7) is 0. The molecule has 0 radical (unpaired) electrons. The highest BCUT2D eigenvalue weighted by Crippen LogP contribution is 2.20. The Labute approximate surface area is 167 Å². The van der Waals surface area contributed by atoms with E-state index < -0.39 is 30.8 Å². The second-order valence-electron chi connectivity index (χ2n) is 6.63. The van der Waals surface area contributed by atoms with Gasteiger partial charge in [0.05, 0.1) is 18.9 Å². The minimum Gasteiger partial charge on any atom is -0.426 e. The first-order valence-electron chi connectivity index (χ1n) is 9.10. The minimum absolute atomic E-state index is 0.185. The third kappa shape index (κ3) is 5.63. The van der Waals surface area contributed by atoms with Gasteiger partial charge in [0, 0.05) is 5.56 Å². The zero-order valence-corrected chi connectivity index (χ0v) is 15.5. The lowest BCUT2D eigenvalue weighted by atomic mass is 9.92. The Bertz CT molecular complexity index is 1030. The van der Waals surface area contributed by atoms with Gasteiger partial charge < -0.3 is 20.7 Å². The highest BCUT2D eigenvalue weighted by atomic mass is 19.1. The number of benzene rings is 3. The molecule has 1 atom stereocenters. The van der Waals surface area contributed by atoms with E-state index in [1.807, 2.05) is 30.3 Å². The first-order valence-corrected chi connectivity index (χ1v) is 9.10. The average molecular weight is 394 g/mol. The van der Waals surface area contributed by atoms with Gasteiger partial charge in [-0.3, -0.25) is 9.59 Å². The summed E-state index contributed by atoms with van der Waals surface area (Å²) in [5.41, 5.74) is 0.843. The zero-order chi connectivity index (χ0) is 20.8. The van der Waals surface area contributed by atoms with Crippen molar-refractivity contribution in [2.45, 2.75) is 12.5 Å². The Morgan fingerprint density at radius 2 is 1.72 bits per heavy atom. The highest BCUT2D eigenvalue weighted by molar-refractivity contribution is 6.41. The summed E-state index contributed by atoms with van der Waals surface area (Å²) in [5, 5.41) is 24.8. The normalized spacial score (nSPS) is 11.7. The van der Waals surface area contributed by atoms with Gasteiger partial charge in [0.1, 0.15) is 5.82 Å². The summed E-state index contributed by atoms with van der Waals surface area (Å²) >= 11 is 0. The number of carbonyl (C=O) groups excluding carboxylic acids is 2. The van der Waals surface area contributed by atoms with Crippen LogP contribution in [-0.2, 0) is 4.79 Å². The predicted octanol–water partition coefficient (Wildman–Crippen LogP) is 1.97. The Kier molecular flexibility index (Phi) is 6.59. The molecular weight excluding hydrogens is 374 g/mol. The van der Waals surface area contributed by atoms with Gasteiger partial charge in [0.15, 0.2) is 0 Å². The standard InChI is InChI=1S/C21H20BFN2O4/c23-18-7-3-6-16(11-18)19(12-20(26)24-13-22(28)29)25-21(27)17-9-8-14-4-1-2-5-15(14)10-17/h1-11,19,28-29H,12-13H2,(H,24,26)(H,25,27). The van der Waals surface area contributed by atoms with Gasteiger partial charge in [-0.25, -0.2) is 4.39 Å². The third-order valence-electron chi connectivity index (χ3n) is 4.44. The predicted molar refractivity (Wildman–Crippen MR) is 108 cm³/mol. The molecule has 3 aromatic carbocycles. The summed E-state index contributed by atoms with van der Waals surface area (Å²) in [6, 6.07) is 17.7. The van der Waals surface area contributed by atoms with Gasteiger partial charge in [-0.1, -0.05) is 42.5 Å². The second-order valence-corrected chi connectivity index (χ2v) is 6.63. The lowest BCUT2D eigenvalue weighted by Gasteiger charge is -2.19. The summed E-state index contributed by atoms with van der Waals surface area (Å²) in [7, 11) is -1.68. The van der Waals surface area contributed by atoms with Crippen LogP contribution >= 0.6 is 0 Å².